The fraction of sp³-hybridized carbons (Fsp3) is 0.556. The van der Waals surface area contributed by atoms with E-state index in [-0.39, 0.29) is 17.9 Å². The summed E-state index contributed by atoms with van der Waals surface area (Å²) in [5.41, 5.74) is 2.48. The minimum Gasteiger partial charge on any atom is -0.466 e. The molecule has 0 spiro atoms. The van der Waals surface area contributed by atoms with E-state index in [1.807, 2.05) is 12.1 Å². The highest BCUT2D eigenvalue weighted by atomic mass is 16.5. The smallest absolute Gasteiger partial charge is 0.317 e. The van der Waals surface area contributed by atoms with Gasteiger partial charge in [-0.05, 0) is 44.2 Å². The van der Waals surface area contributed by atoms with Crippen LogP contribution in [-0.4, -0.2) is 43.1 Å². The highest BCUT2D eigenvalue weighted by Crippen LogP contribution is 2.18. The Hall–Kier alpha value is -2.04. The SMILES string of the molecule is CCOC(=O)C1CCCN(C(=O)NCCc2ccccc2C)C1. The van der Waals surface area contributed by atoms with Crippen molar-refractivity contribution in [1.29, 1.82) is 0 Å². The molecule has 1 fully saturated rings. The monoisotopic (exact) mass is 318 g/mol. The molecule has 0 bridgehead atoms. The number of amides is 2. The molecule has 1 unspecified atom stereocenters. The number of hydrogen-bond acceptors (Lipinski definition) is 3. The molecule has 126 valence electrons. The Labute approximate surface area is 138 Å². The van der Waals surface area contributed by atoms with Gasteiger partial charge in [0, 0.05) is 19.6 Å². The van der Waals surface area contributed by atoms with Crippen LogP contribution in [0.25, 0.3) is 0 Å². The first kappa shape index (κ1) is 17.3. The molecule has 0 saturated carbocycles. The molecule has 1 saturated heterocycles. The maximum atomic E-state index is 12.3. The van der Waals surface area contributed by atoms with E-state index >= 15 is 0 Å². The van der Waals surface area contributed by atoms with Gasteiger partial charge >= 0.3 is 12.0 Å². The summed E-state index contributed by atoms with van der Waals surface area (Å²) in [6.45, 7) is 6.02. The number of piperidine rings is 1. The van der Waals surface area contributed by atoms with Crippen molar-refractivity contribution in [2.45, 2.75) is 33.1 Å². The lowest BCUT2D eigenvalue weighted by Crippen LogP contribution is -2.47. The zero-order valence-corrected chi connectivity index (χ0v) is 14.0. The van der Waals surface area contributed by atoms with Gasteiger partial charge in [0.05, 0.1) is 12.5 Å². The number of urea groups is 1. The molecule has 23 heavy (non-hydrogen) atoms. The molecule has 2 rings (SSSR count). The van der Waals surface area contributed by atoms with Gasteiger partial charge in [-0.15, -0.1) is 0 Å². The number of rotatable bonds is 5. The van der Waals surface area contributed by atoms with Crippen molar-refractivity contribution in [3.05, 3.63) is 35.4 Å². The van der Waals surface area contributed by atoms with E-state index in [4.69, 9.17) is 4.74 Å². The van der Waals surface area contributed by atoms with E-state index in [1.54, 1.807) is 11.8 Å². The summed E-state index contributed by atoms with van der Waals surface area (Å²) in [5.74, 6) is -0.379. The van der Waals surface area contributed by atoms with E-state index < -0.39 is 0 Å². The normalized spacial score (nSPS) is 17.7. The Bertz CT molecular complexity index is 545. The lowest BCUT2D eigenvalue weighted by atomic mass is 9.98. The van der Waals surface area contributed by atoms with Crippen molar-refractivity contribution in [3.8, 4) is 0 Å². The first-order chi connectivity index (χ1) is 11.1. The summed E-state index contributed by atoms with van der Waals surface area (Å²) in [6.07, 6.45) is 2.45. The van der Waals surface area contributed by atoms with Crippen LogP contribution in [0.15, 0.2) is 24.3 Å². The third kappa shape index (κ3) is 4.98. The van der Waals surface area contributed by atoms with Crippen LogP contribution < -0.4 is 5.32 Å². The number of nitrogens with zero attached hydrogens (tertiary/aromatic N) is 1. The number of benzene rings is 1. The van der Waals surface area contributed by atoms with Gasteiger partial charge in [-0.2, -0.15) is 0 Å². The van der Waals surface area contributed by atoms with Crippen molar-refractivity contribution in [2.24, 2.45) is 5.92 Å². The maximum absolute atomic E-state index is 12.3. The summed E-state index contributed by atoms with van der Waals surface area (Å²) >= 11 is 0. The minimum atomic E-state index is -0.190. The number of likely N-dealkylation sites (tertiary alicyclic amines) is 1. The molecule has 5 heteroatoms. The van der Waals surface area contributed by atoms with Crippen LogP contribution in [0.5, 0.6) is 0 Å². The number of nitrogens with one attached hydrogen (secondary N) is 1. The van der Waals surface area contributed by atoms with Crippen molar-refractivity contribution < 1.29 is 14.3 Å². The molecule has 1 N–H and O–H groups in total. The van der Waals surface area contributed by atoms with Gasteiger partial charge in [0.15, 0.2) is 0 Å². The van der Waals surface area contributed by atoms with Gasteiger partial charge in [0.1, 0.15) is 0 Å². The average molecular weight is 318 g/mol. The van der Waals surface area contributed by atoms with E-state index in [0.29, 0.717) is 26.2 Å². The minimum absolute atomic E-state index is 0.0902. The van der Waals surface area contributed by atoms with Crippen molar-refractivity contribution in [3.63, 3.8) is 0 Å². The fourth-order valence-corrected chi connectivity index (χ4v) is 2.92. The van der Waals surface area contributed by atoms with Crippen molar-refractivity contribution >= 4 is 12.0 Å². The Morgan fingerprint density at radius 3 is 2.87 bits per heavy atom. The molecule has 0 aliphatic carbocycles. The third-order valence-corrected chi connectivity index (χ3v) is 4.26. The quantitative estimate of drug-likeness (QED) is 0.849. The lowest BCUT2D eigenvalue weighted by Gasteiger charge is -2.31. The summed E-state index contributed by atoms with van der Waals surface area (Å²) in [7, 11) is 0. The van der Waals surface area contributed by atoms with Gasteiger partial charge in [0.2, 0.25) is 0 Å². The lowest BCUT2D eigenvalue weighted by molar-refractivity contribution is -0.149. The third-order valence-electron chi connectivity index (χ3n) is 4.26. The Morgan fingerprint density at radius 2 is 2.13 bits per heavy atom. The van der Waals surface area contributed by atoms with Crippen LogP contribution in [0.3, 0.4) is 0 Å². The topological polar surface area (TPSA) is 58.6 Å². The molecule has 5 nitrogen and oxygen atoms in total. The largest absolute Gasteiger partial charge is 0.466 e. The van der Waals surface area contributed by atoms with Gasteiger partial charge in [-0.1, -0.05) is 24.3 Å². The highest BCUT2D eigenvalue weighted by Gasteiger charge is 2.29. The van der Waals surface area contributed by atoms with Gasteiger partial charge < -0.3 is 15.0 Å². The van der Waals surface area contributed by atoms with Gasteiger partial charge in [-0.3, -0.25) is 4.79 Å². The molecule has 1 aromatic rings. The molecule has 0 aromatic heterocycles. The van der Waals surface area contributed by atoms with Crippen LogP contribution in [-0.2, 0) is 16.0 Å². The van der Waals surface area contributed by atoms with Crippen LogP contribution in [0.2, 0.25) is 0 Å². The first-order valence-corrected chi connectivity index (χ1v) is 8.35. The second-order valence-corrected chi connectivity index (χ2v) is 5.95. The molecular formula is C18H26N2O3. The average Bonchev–Trinajstić information content (AvgIpc) is 2.57. The maximum Gasteiger partial charge on any atom is 0.317 e. The van der Waals surface area contributed by atoms with Gasteiger partial charge in [0.25, 0.3) is 0 Å². The van der Waals surface area contributed by atoms with E-state index in [2.05, 4.69) is 24.4 Å². The fourth-order valence-electron chi connectivity index (χ4n) is 2.92. The van der Waals surface area contributed by atoms with Crippen molar-refractivity contribution in [2.75, 3.05) is 26.2 Å². The predicted octanol–water partition coefficient (Wildman–Crippen LogP) is 2.52. The van der Waals surface area contributed by atoms with Crippen LogP contribution in [0, 0.1) is 12.8 Å². The molecular weight excluding hydrogens is 292 g/mol. The summed E-state index contributed by atoms with van der Waals surface area (Å²) in [5, 5.41) is 2.95. The molecule has 1 aliphatic rings. The van der Waals surface area contributed by atoms with Crippen LogP contribution in [0.4, 0.5) is 4.79 Å². The Balaban J connectivity index is 1.79. The zero-order valence-electron chi connectivity index (χ0n) is 14.0. The number of carbonyl (C=O) groups excluding carboxylic acids is 2. The van der Waals surface area contributed by atoms with E-state index in [0.717, 1.165) is 19.3 Å². The summed E-state index contributed by atoms with van der Waals surface area (Å²) in [4.78, 5) is 25.8. The standard InChI is InChI=1S/C18H26N2O3/c1-3-23-17(21)16-9-6-12-20(13-16)18(22)19-11-10-15-8-5-4-7-14(15)2/h4-5,7-8,16H,3,6,9-13H2,1-2H3,(H,19,22). The summed E-state index contributed by atoms with van der Waals surface area (Å²) in [6, 6.07) is 8.09. The molecule has 1 atom stereocenters. The molecule has 1 heterocycles. The number of hydrogen-bond donors (Lipinski definition) is 1. The number of ether oxygens (including phenoxy) is 1. The zero-order chi connectivity index (χ0) is 16.7. The second-order valence-electron chi connectivity index (χ2n) is 5.95. The molecule has 1 aliphatic heterocycles. The van der Waals surface area contributed by atoms with Crippen LogP contribution in [0.1, 0.15) is 30.9 Å². The van der Waals surface area contributed by atoms with Crippen molar-refractivity contribution in [1.82, 2.24) is 10.2 Å². The number of aryl methyl sites for hydroxylation is 1. The van der Waals surface area contributed by atoms with Crippen LogP contribution >= 0.6 is 0 Å². The van der Waals surface area contributed by atoms with E-state index in [1.165, 1.54) is 11.1 Å². The predicted molar refractivity (Wildman–Crippen MR) is 89.2 cm³/mol. The first-order valence-electron chi connectivity index (χ1n) is 8.35. The molecule has 1 aromatic carbocycles. The highest BCUT2D eigenvalue weighted by molar-refractivity contribution is 5.77. The number of esters is 1. The van der Waals surface area contributed by atoms with Gasteiger partial charge in [-0.25, -0.2) is 4.79 Å². The summed E-state index contributed by atoms with van der Waals surface area (Å²) < 4.78 is 5.06. The Morgan fingerprint density at radius 1 is 1.35 bits per heavy atom. The molecule has 2 amide bonds. The number of carbonyl (C=O) groups is 2. The molecule has 0 radical (unpaired) electrons. The Kier molecular flexibility index (Phi) is 6.44. The van der Waals surface area contributed by atoms with E-state index in [9.17, 15) is 9.59 Å². The second kappa shape index (κ2) is 8.56.